The predicted molar refractivity (Wildman–Crippen MR) is 66.8 cm³/mol. The van der Waals surface area contributed by atoms with Gasteiger partial charge in [0.15, 0.2) is 0 Å². The van der Waals surface area contributed by atoms with Crippen molar-refractivity contribution in [3.8, 4) is 0 Å². The zero-order chi connectivity index (χ0) is 20.3. The van der Waals surface area contributed by atoms with Crippen molar-refractivity contribution in [1.82, 2.24) is 0 Å². The molecule has 0 aliphatic rings. The topological polar surface area (TPSA) is 0 Å². The van der Waals surface area contributed by atoms with Crippen molar-refractivity contribution in [2.24, 2.45) is 0 Å². The van der Waals surface area contributed by atoms with E-state index in [0.717, 1.165) is 22.6 Å². The van der Waals surface area contributed by atoms with Crippen LogP contribution in [0.5, 0.6) is 0 Å². The van der Waals surface area contributed by atoms with Gasteiger partial charge >= 0.3 is 35.8 Å². The SMILES string of the molecule is FC(F)(F)C(F)(F)C(F)(F)C(F)(F)C(F)(F)C(F)(F)c1ccsc1I. The lowest BCUT2D eigenvalue weighted by atomic mass is 9.91. The van der Waals surface area contributed by atoms with Gasteiger partial charge in [-0.15, -0.1) is 11.3 Å². The second-order valence-corrected chi connectivity index (χ2v) is 7.20. The first-order valence-electron chi connectivity index (χ1n) is 5.46. The molecule has 15 heteroatoms. The lowest BCUT2D eigenvalue weighted by molar-refractivity contribution is -0.441. The van der Waals surface area contributed by atoms with Gasteiger partial charge in [-0.25, -0.2) is 0 Å². The molecule has 1 aromatic rings. The molecule has 0 nitrogen and oxygen atoms in total. The van der Waals surface area contributed by atoms with E-state index in [1.165, 1.54) is 0 Å². The smallest absolute Gasteiger partial charge is 0.194 e. The van der Waals surface area contributed by atoms with Gasteiger partial charge in [0, 0.05) is 0 Å². The first-order chi connectivity index (χ1) is 10.8. The molecule has 0 unspecified atom stereocenters. The Morgan fingerprint density at radius 2 is 1.04 bits per heavy atom. The summed E-state index contributed by atoms with van der Waals surface area (Å²) in [4.78, 5) is 0. The van der Waals surface area contributed by atoms with E-state index in [4.69, 9.17) is 0 Å². The van der Waals surface area contributed by atoms with Crippen molar-refractivity contribution in [1.29, 1.82) is 0 Å². The Hall–Kier alpha value is -0.480. The van der Waals surface area contributed by atoms with Gasteiger partial charge in [-0.2, -0.15) is 57.1 Å². The minimum Gasteiger partial charge on any atom is -0.194 e. The third-order valence-corrected chi connectivity index (χ3v) is 4.93. The van der Waals surface area contributed by atoms with E-state index in [1.54, 1.807) is 0 Å². The first-order valence-corrected chi connectivity index (χ1v) is 7.42. The van der Waals surface area contributed by atoms with Crippen molar-refractivity contribution < 1.29 is 57.1 Å². The average Bonchev–Trinajstić information content (AvgIpc) is 2.83. The summed E-state index contributed by atoms with van der Waals surface area (Å²) in [5.74, 6) is -36.8. The van der Waals surface area contributed by atoms with E-state index in [1.807, 2.05) is 0 Å². The maximum Gasteiger partial charge on any atom is 0.460 e. The molecule has 1 heterocycles. The van der Waals surface area contributed by atoms with Crippen LogP contribution < -0.4 is 0 Å². The van der Waals surface area contributed by atoms with Crippen LogP contribution in [-0.2, 0) is 5.92 Å². The van der Waals surface area contributed by atoms with Crippen molar-refractivity contribution in [2.45, 2.75) is 35.8 Å². The molecular formula is C10H2F13IS. The second-order valence-electron chi connectivity index (χ2n) is 4.48. The second kappa shape index (κ2) is 6.02. The van der Waals surface area contributed by atoms with Crippen molar-refractivity contribution >= 4 is 33.9 Å². The third-order valence-electron chi connectivity index (χ3n) is 2.89. The Labute approximate surface area is 147 Å². The minimum atomic E-state index is -7.87. The largest absolute Gasteiger partial charge is 0.460 e. The van der Waals surface area contributed by atoms with Crippen LogP contribution in [0.4, 0.5) is 57.1 Å². The highest BCUT2D eigenvalue weighted by Crippen LogP contribution is 2.62. The highest BCUT2D eigenvalue weighted by molar-refractivity contribution is 14.1. The van der Waals surface area contributed by atoms with Crippen LogP contribution >= 0.6 is 33.9 Å². The van der Waals surface area contributed by atoms with E-state index in [9.17, 15) is 57.1 Å². The molecule has 0 N–H and O–H groups in total. The van der Waals surface area contributed by atoms with E-state index >= 15 is 0 Å². The van der Waals surface area contributed by atoms with Gasteiger partial charge in [0.05, 0.1) is 8.45 Å². The van der Waals surface area contributed by atoms with Crippen LogP contribution in [0.15, 0.2) is 11.4 Å². The number of hydrogen-bond acceptors (Lipinski definition) is 1. The van der Waals surface area contributed by atoms with Crippen LogP contribution in [0, 0.1) is 2.88 Å². The molecule has 0 radical (unpaired) electrons. The molecular weight excluding hydrogens is 526 g/mol. The van der Waals surface area contributed by atoms with Crippen LogP contribution in [0.2, 0.25) is 0 Å². The predicted octanol–water partition coefficient (Wildman–Crippen LogP) is 6.55. The highest BCUT2D eigenvalue weighted by atomic mass is 127. The molecule has 0 aromatic carbocycles. The lowest BCUT2D eigenvalue weighted by Crippen LogP contribution is -2.69. The maximum absolute atomic E-state index is 13.7. The first kappa shape index (κ1) is 22.6. The normalized spacial score (nSPS) is 15.6. The molecule has 1 rings (SSSR count). The summed E-state index contributed by atoms with van der Waals surface area (Å²) in [6.45, 7) is 0. The molecule has 25 heavy (non-hydrogen) atoms. The molecule has 0 fully saturated rings. The van der Waals surface area contributed by atoms with Gasteiger partial charge in [-0.05, 0) is 34.0 Å². The van der Waals surface area contributed by atoms with Gasteiger partial charge in [-0.1, -0.05) is 0 Å². The fraction of sp³-hybridized carbons (Fsp3) is 0.600. The van der Waals surface area contributed by atoms with Crippen LogP contribution in [0.1, 0.15) is 5.56 Å². The molecule has 146 valence electrons. The molecule has 0 amide bonds. The van der Waals surface area contributed by atoms with Crippen molar-refractivity contribution in [3.63, 3.8) is 0 Å². The summed E-state index contributed by atoms with van der Waals surface area (Å²) in [5.41, 5.74) is -1.92. The summed E-state index contributed by atoms with van der Waals surface area (Å²) in [6.07, 6.45) is -7.40. The molecule has 0 aliphatic heterocycles. The van der Waals surface area contributed by atoms with Gasteiger partial charge in [0.25, 0.3) is 0 Å². The summed E-state index contributed by atoms with van der Waals surface area (Å²) in [5, 5.41) is 0.668. The molecule has 0 saturated carbocycles. The molecule has 0 bridgehead atoms. The highest BCUT2D eigenvalue weighted by Gasteiger charge is 2.91. The van der Waals surface area contributed by atoms with Crippen LogP contribution in [-0.4, -0.2) is 29.9 Å². The monoisotopic (exact) mass is 528 g/mol. The van der Waals surface area contributed by atoms with E-state index in [0.29, 0.717) is 5.38 Å². The van der Waals surface area contributed by atoms with E-state index in [2.05, 4.69) is 0 Å². The molecule has 0 aliphatic carbocycles. The van der Waals surface area contributed by atoms with Crippen molar-refractivity contribution in [3.05, 3.63) is 19.9 Å². The van der Waals surface area contributed by atoms with Crippen molar-refractivity contribution in [2.75, 3.05) is 0 Å². The fourth-order valence-corrected chi connectivity index (χ4v) is 3.06. The number of thiophene rings is 1. The summed E-state index contributed by atoms with van der Waals surface area (Å²) >= 11 is 1.23. The van der Waals surface area contributed by atoms with E-state index < -0.39 is 44.2 Å². The third kappa shape index (κ3) is 2.97. The molecule has 0 atom stereocenters. The Morgan fingerprint density at radius 3 is 1.36 bits per heavy atom. The van der Waals surface area contributed by atoms with Gasteiger partial charge < -0.3 is 0 Å². The van der Waals surface area contributed by atoms with Gasteiger partial charge in [-0.3, -0.25) is 0 Å². The Morgan fingerprint density at radius 1 is 0.640 bits per heavy atom. The molecule has 0 saturated heterocycles. The maximum atomic E-state index is 13.7. The quantitative estimate of drug-likeness (QED) is 0.301. The number of rotatable bonds is 5. The molecule has 1 aromatic heterocycles. The summed E-state index contributed by atoms with van der Waals surface area (Å²) in [7, 11) is 0. The Kier molecular flexibility index (Phi) is 5.43. The zero-order valence-corrected chi connectivity index (χ0v) is 13.8. The number of alkyl halides is 13. The average molecular weight is 528 g/mol. The standard InChI is InChI=1S/C10H2F13IS/c11-5(12,3-1-2-25-4(3)24)6(13,14)7(15,16)8(17,18)9(19,20)10(21,22)23/h1-2H. The van der Waals surface area contributed by atoms with Crippen LogP contribution in [0.25, 0.3) is 0 Å². The minimum absolute atomic E-state index is 0.122. The Balaban J connectivity index is 3.57. The van der Waals surface area contributed by atoms with E-state index in [-0.39, 0.29) is 17.4 Å². The Bertz CT molecular complexity index is 629. The lowest BCUT2D eigenvalue weighted by Gasteiger charge is -2.39. The summed E-state index contributed by atoms with van der Waals surface area (Å²) in [6, 6.07) is 0.122. The molecule has 0 spiro atoms. The fourth-order valence-electron chi connectivity index (χ4n) is 1.46. The number of halogens is 14. The zero-order valence-electron chi connectivity index (χ0n) is 10.9. The van der Waals surface area contributed by atoms with Crippen LogP contribution in [0.3, 0.4) is 0 Å². The summed E-state index contributed by atoms with van der Waals surface area (Å²) < 4.78 is 167. The van der Waals surface area contributed by atoms with Gasteiger partial charge in [0.1, 0.15) is 0 Å². The van der Waals surface area contributed by atoms with Gasteiger partial charge in [0.2, 0.25) is 0 Å². The number of hydrogen-bond donors (Lipinski definition) is 0.